The first-order valence-corrected chi connectivity index (χ1v) is 13.8. The molecule has 0 amide bonds. The highest BCUT2D eigenvalue weighted by Gasteiger charge is 2.58. The van der Waals surface area contributed by atoms with Crippen molar-refractivity contribution in [2.75, 3.05) is 0 Å². The van der Waals surface area contributed by atoms with Crippen LogP contribution in [0.15, 0.2) is 130 Å². The minimum Gasteiger partial charge on any atom is -0.162 e. The molecule has 4 rings (SSSR count). The van der Waals surface area contributed by atoms with Crippen molar-refractivity contribution in [1.82, 2.24) is 0 Å². The number of hydrogen-bond acceptors (Lipinski definition) is 0. The Hall–Kier alpha value is -2.46. The normalized spacial score (nSPS) is 11.7. The molecule has 0 heterocycles. The Kier molecular flexibility index (Phi) is 11.8. The molecule has 0 fully saturated rings. The largest absolute Gasteiger partial charge is 0.487 e. The van der Waals surface area contributed by atoms with Crippen molar-refractivity contribution in [3.63, 3.8) is 0 Å². The van der Waals surface area contributed by atoms with Crippen molar-refractivity contribution >= 4 is 33.5 Å². The van der Waals surface area contributed by atoms with E-state index in [0.717, 1.165) is 0 Å². The zero-order chi connectivity index (χ0) is 28.4. The van der Waals surface area contributed by atoms with Gasteiger partial charge in [-0.25, -0.2) is 0 Å². The van der Waals surface area contributed by atoms with Gasteiger partial charge in [-0.2, -0.15) is 26.3 Å². The molecule has 0 bridgehead atoms. The Bertz CT molecular complexity index is 1100. The van der Waals surface area contributed by atoms with Crippen LogP contribution in [0, 0.1) is 3.57 Å². The minimum absolute atomic E-state index is 0.0146. The molecule has 8 heteroatoms. The summed E-state index contributed by atoms with van der Waals surface area (Å²) in [5.74, 6) is 0. The van der Waals surface area contributed by atoms with Crippen LogP contribution in [0.4, 0.5) is 26.3 Å². The third-order valence-electron chi connectivity index (χ3n) is 4.97. The Morgan fingerprint density at radius 3 is 1.00 bits per heavy atom. The number of alkyl halides is 6. The lowest BCUT2D eigenvalue weighted by Gasteiger charge is -2.18. The molecule has 0 aromatic heterocycles. The van der Waals surface area contributed by atoms with Crippen LogP contribution in [0.5, 0.6) is 0 Å². The highest BCUT2D eigenvalue weighted by Crippen LogP contribution is 2.36. The Labute approximate surface area is 236 Å². The van der Waals surface area contributed by atoms with Crippen molar-refractivity contribution in [2.24, 2.45) is 0 Å². The summed E-state index contributed by atoms with van der Waals surface area (Å²) >= 11 is 2.32. The smallest absolute Gasteiger partial charge is 0.162 e. The van der Waals surface area contributed by atoms with E-state index < -0.39 is 12.4 Å². The Morgan fingerprint density at radius 1 is 0.474 bits per heavy atom. The van der Waals surface area contributed by atoms with Gasteiger partial charge < -0.3 is 0 Å². The van der Waals surface area contributed by atoms with Crippen molar-refractivity contribution in [3.8, 4) is 0 Å². The molecule has 0 nitrogen and oxygen atoms in total. The van der Waals surface area contributed by atoms with Gasteiger partial charge in [0.2, 0.25) is 0 Å². The average molecular weight is 662 g/mol. The van der Waals surface area contributed by atoms with Gasteiger partial charge in [0.25, 0.3) is 0 Å². The SMILES string of the molecule is CC(C)(C)c1ccc(I)cc1.FC(F)(F)C(F)(F)F.c1ccc([S+](c2ccccc2)c2ccccc2)cc1. The summed E-state index contributed by atoms with van der Waals surface area (Å²) in [7, 11) is -0.0146. The van der Waals surface area contributed by atoms with E-state index >= 15 is 0 Å². The van der Waals surface area contributed by atoms with E-state index in [0.29, 0.717) is 0 Å². The number of hydrogen-bond donors (Lipinski definition) is 0. The lowest BCUT2D eigenvalue weighted by atomic mass is 9.87. The van der Waals surface area contributed by atoms with E-state index in [-0.39, 0.29) is 16.3 Å². The van der Waals surface area contributed by atoms with Gasteiger partial charge in [0.15, 0.2) is 14.7 Å². The van der Waals surface area contributed by atoms with Gasteiger partial charge in [0.05, 0.1) is 10.9 Å². The average Bonchev–Trinajstić information content (AvgIpc) is 2.86. The maximum atomic E-state index is 10.4. The van der Waals surface area contributed by atoms with Gasteiger partial charge in [-0.05, 0) is 82.1 Å². The summed E-state index contributed by atoms with van der Waals surface area (Å²) in [5, 5.41) is 0. The molecule has 0 spiro atoms. The van der Waals surface area contributed by atoms with Crippen LogP contribution in [0.3, 0.4) is 0 Å². The maximum Gasteiger partial charge on any atom is 0.487 e. The van der Waals surface area contributed by atoms with E-state index in [1.165, 1.54) is 23.8 Å². The van der Waals surface area contributed by atoms with Crippen molar-refractivity contribution in [2.45, 2.75) is 53.2 Å². The zero-order valence-electron chi connectivity index (χ0n) is 21.0. The van der Waals surface area contributed by atoms with Crippen LogP contribution in [0.2, 0.25) is 0 Å². The van der Waals surface area contributed by atoms with E-state index in [9.17, 15) is 26.3 Å². The number of halogens is 7. The van der Waals surface area contributed by atoms with Gasteiger partial charge in [-0.1, -0.05) is 87.5 Å². The monoisotopic (exact) mass is 661 g/mol. The van der Waals surface area contributed by atoms with E-state index in [1.54, 1.807) is 0 Å². The molecule has 0 atom stereocenters. The summed E-state index contributed by atoms with van der Waals surface area (Å²) in [6.07, 6.45) is -12.1. The molecule has 202 valence electrons. The summed E-state index contributed by atoms with van der Waals surface area (Å²) in [5.41, 5.74) is 1.68. The highest BCUT2D eigenvalue weighted by molar-refractivity contribution is 14.1. The van der Waals surface area contributed by atoms with E-state index in [2.05, 4.69) is 159 Å². The predicted molar refractivity (Wildman–Crippen MR) is 151 cm³/mol. The highest BCUT2D eigenvalue weighted by atomic mass is 127. The topological polar surface area (TPSA) is 0 Å². The van der Waals surface area contributed by atoms with Gasteiger partial charge >= 0.3 is 12.4 Å². The molecule has 0 radical (unpaired) electrons. The first kappa shape index (κ1) is 31.8. The molecule has 0 N–H and O–H groups in total. The Balaban J connectivity index is 0.000000227. The fraction of sp³-hybridized carbons (Fsp3) is 0.200. The van der Waals surface area contributed by atoms with Gasteiger partial charge in [0, 0.05) is 3.57 Å². The molecule has 4 aromatic carbocycles. The standard InChI is InChI=1S/C18H15S.C10H13I.C2F6/c1-4-10-16(11-5-1)19(17-12-6-2-7-13-17)18-14-8-3-9-15-18;1-10(2,3)8-4-6-9(11)7-5-8;3-1(4,5)2(6,7)8/h1-15H;4-7H,1-3H3;/q+1;;. The van der Waals surface area contributed by atoms with E-state index in [4.69, 9.17) is 0 Å². The second kappa shape index (κ2) is 14.1. The molecule has 0 aliphatic heterocycles. The third-order valence-corrected chi connectivity index (χ3v) is 7.92. The predicted octanol–water partition coefficient (Wildman–Crippen LogP) is 10.5. The third kappa shape index (κ3) is 10.4. The molecule has 0 aliphatic carbocycles. The molecular formula is C30H28F6IS+. The van der Waals surface area contributed by atoms with Gasteiger partial charge in [-0.15, -0.1) is 0 Å². The van der Waals surface area contributed by atoms with Crippen LogP contribution in [0.25, 0.3) is 0 Å². The first-order valence-electron chi connectivity index (χ1n) is 11.5. The molecule has 0 aliphatic rings. The summed E-state index contributed by atoms with van der Waals surface area (Å²) in [4.78, 5) is 4.08. The van der Waals surface area contributed by atoms with Crippen molar-refractivity contribution < 1.29 is 26.3 Å². The van der Waals surface area contributed by atoms with Gasteiger partial charge in [-0.3, -0.25) is 0 Å². The van der Waals surface area contributed by atoms with Crippen molar-refractivity contribution in [3.05, 3.63) is 124 Å². The fourth-order valence-corrected chi connectivity index (χ4v) is 5.49. The van der Waals surface area contributed by atoms with Crippen LogP contribution >= 0.6 is 22.6 Å². The lowest BCUT2D eigenvalue weighted by molar-refractivity contribution is -0.339. The molecule has 4 aromatic rings. The number of rotatable bonds is 3. The minimum atomic E-state index is -6.06. The maximum absolute atomic E-state index is 10.4. The van der Waals surface area contributed by atoms with Crippen LogP contribution in [-0.4, -0.2) is 12.4 Å². The molecule has 0 unspecified atom stereocenters. The van der Waals surface area contributed by atoms with Gasteiger partial charge in [0.1, 0.15) is 0 Å². The second-order valence-electron chi connectivity index (χ2n) is 9.00. The summed E-state index contributed by atoms with van der Waals surface area (Å²) < 4.78 is 63.9. The summed E-state index contributed by atoms with van der Waals surface area (Å²) in [6, 6.07) is 40.9. The molecular weight excluding hydrogens is 633 g/mol. The second-order valence-corrected chi connectivity index (χ2v) is 12.3. The number of benzene rings is 4. The lowest BCUT2D eigenvalue weighted by Crippen LogP contribution is -2.30. The molecule has 0 saturated carbocycles. The first-order chi connectivity index (χ1) is 17.7. The van der Waals surface area contributed by atoms with Crippen LogP contribution in [-0.2, 0) is 16.3 Å². The van der Waals surface area contributed by atoms with Crippen LogP contribution < -0.4 is 0 Å². The zero-order valence-corrected chi connectivity index (χ0v) is 24.0. The fourth-order valence-electron chi connectivity index (χ4n) is 3.03. The van der Waals surface area contributed by atoms with E-state index in [1.807, 2.05) is 0 Å². The van der Waals surface area contributed by atoms with Crippen molar-refractivity contribution in [1.29, 1.82) is 0 Å². The molecule has 38 heavy (non-hydrogen) atoms. The quantitative estimate of drug-likeness (QED) is 0.117. The van der Waals surface area contributed by atoms with Crippen LogP contribution in [0.1, 0.15) is 26.3 Å². The Morgan fingerprint density at radius 2 is 0.763 bits per heavy atom. The summed E-state index contributed by atoms with van der Waals surface area (Å²) in [6.45, 7) is 6.69. The molecule has 0 saturated heterocycles.